The molecule has 0 aliphatic carbocycles. The first-order valence-electron chi connectivity index (χ1n) is 7.44. The summed E-state index contributed by atoms with van der Waals surface area (Å²) in [6.07, 6.45) is -0.300. The number of benzene rings is 1. The maximum atomic E-state index is 13.1. The van der Waals surface area contributed by atoms with Crippen molar-refractivity contribution in [1.82, 2.24) is 10.6 Å². The van der Waals surface area contributed by atoms with Gasteiger partial charge in [-0.05, 0) is 30.5 Å². The summed E-state index contributed by atoms with van der Waals surface area (Å²) in [5.41, 5.74) is 5.75. The van der Waals surface area contributed by atoms with Crippen LogP contribution in [0.15, 0.2) is 18.2 Å². The van der Waals surface area contributed by atoms with Crippen molar-refractivity contribution in [3.63, 3.8) is 0 Å². The van der Waals surface area contributed by atoms with Gasteiger partial charge in [0.05, 0.1) is 12.5 Å². The summed E-state index contributed by atoms with van der Waals surface area (Å²) >= 11 is 0. The Bertz CT molecular complexity index is 615. The molecule has 0 heterocycles. The number of nitrogens with two attached hydrogens (primary N) is 1. The van der Waals surface area contributed by atoms with Gasteiger partial charge in [0.1, 0.15) is 17.7 Å². The smallest absolute Gasteiger partial charge is 0.248 e. The summed E-state index contributed by atoms with van der Waals surface area (Å²) in [6.45, 7) is 4.85. The van der Waals surface area contributed by atoms with Crippen LogP contribution in [0.25, 0.3) is 0 Å². The Balaban J connectivity index is 2.57. The van der Waals surface area contributed by atoms with Gasteiger partial charge < -0.3 is 11.1 Å². The summed E-state index contributed by atoms with van der Waals surface area (Å²) in [5.74, 6) is -3.69. The van der Waals surface area contributed by atoms with Gasteiger partial charge in [0.15, 0.2) is 0 Å². The standard InChI is InChI=1S/C16H21F2N3O3/c1-8(2)14(19)16(24)21-15(23)9(3)20-13(22)6-10-4-11(17)7-12(18)5-10/h4-5,7-9,14H,6,19H2,1-3H3,(H,20,22)(H,21,23,24)/t9-,14-/m0/s1. The molecule has 6 nitrogen and oxygen atoms in total. The SMILES string of the molecule is CC(C)[C@H](N)C(=O)NC(=O)[C@H](C)NC(=O)Cc1cc(F)cc(F)c1. The van der Waals surface area contributed by atoms with Gasteiger partial charge in [0, 0.05) is 6.07 Å². The Morgan fingerprint density at radius 1 is 1.04 bits per heavy atom. The van der Waals surface area contributed by atoms with E-state index in [1.54, 1.807) is 13.8 Å². The number of imide groups is 1. The van der Waals surface area contributed by atoms with Gasteiger partial charge >= 0.3 is 0 Å². The highest BCUT2D eigenvalue weighted by Crippen LogP contribution is 2.08. The molecule has 0 fully saturated rings. The van der Waals surface area contributed by atoms with Crippen LogP contribution in [0.5, 0.6) is 0 Å². The van der Waals surface area contributed by atoms with E-state index in [1.807, 2.05) is 0 Å². The number of carbonyl (C=O) groups excluding carboxylic acids is 3. The molecule has 4 N–H and O–H groups in total. The molecule has 0 spiro atoms. The quantitative estimate of drug-likeness (QED) is 0.707. The molecule has 0 aliphatic heterocycles. The lowest BCUT2D eigenvalue weighted by atomic mass is 10.0. The van der Waals surface area contributed by atoms with Gasteiger partial charge in [-0.1, -0.05) is 13.8 Å². The molecule has 0 bridgehead atoms. The van der Waals surface area contributed by atoms with E-state index < -0.39 is 41.4 Å². The lowest BCUT2D eigenvalue weighted by Crippen LogP contribution is -2.52. The van der Waals surface area contributed by atoms with E-state index >= 15 is 0 Å². The molecule has 1 rings (SSSR count). The second-order valence-corrected chi connectivity index (χ2v) is 5.87. The number of rotatable bonds is 6. The predicted molar refractivity (Wildman–Crippen MR) is 83.6 cm³/mol. The fraction of sp³-hybridized carbons (Fsp3) is 0.438. The molecule has 0 aromatic heterocycles. The van der Waals surface area contributed by atoms with Crippen LogP contribution in [-0.4, -0.2) is 29.8 Å². The van der Waals surface area contributed by atoms with Crippen LogP contribution < -0.4 is 16.4 Å². The molecule has 0 aliphatic rings. The molecule has 24 heavy (non-hydrogen) atoms. The molecule has 8 heteroatoms. The number of halogens is 2. The van der Waals surface area contributed by atoms with Crippen LogP contribution in [0.4, 0.5) is 8.78 Å². The Labute approximate surface area is 138 Å². The maximum Gasteiger partial charge on any atom is 0.248 e. The first kappa shape index (κ1) is 19.7. The van der Waals surface area contributed by atoms with Crippen molar-refractivity contribution in [1.29, 1.82) is 0 Å². The summed E-state index contributed by atoms with van der Waals surface area (Å²) in [7, 11) is 0. The minimum atomic E-state index is -1.00. The molecule has 0 saturated heterocycles. The van der Waals surface area contributed by atoms with Crippen molar-refractivity contribution in [2.45, 2.75) is 39.3 Å². The van der Waals surface area contributed by atoms with Crippen molar-refractivity contribution in [3.05, 3.63) is 35.4 Å². The van der Waals surface area contributed by atoms with E-state index in [9.17, 15) is 23.2 Å². The lowest BCUT2D eigenvalue weighted by molar-refractivity contribution is -0.134. The molecule has 1 aromatic carbocycles. The van der Waals surface area contributed by atoms with Crippen LogP contribution in [0.3, 0.4) is 0 Å². The van der Waals surface area contributed by atoms with Crippen molar-refractivity contribution in [3.8, 4) is 0 Å². The lowest BCUT2D eigenvalue weighted by Gasteiger charge is -2.17. The topological polar surface area (TPSA) is 101 Å². The first-order valence-corrected chi connectivity index (χ1v) is 7.44. The Morgan fingerprint density at radius 3 is 2.08 bits per heavy atom. The summed E-state index contributed by atoms with van der Waals surface area (Å²) in [5, 5.41) is 4.46. The maximum absolute atomic E-state index is 13.1. The Kier molecular flexibility index (Phi) is 6.97. The minimum absolute atomic E-state index is 0.135. The molecule has 0 unspecified atom stereocenters. The highest BCUT2D eigenvalue weighted by Gasteiger charge is 2.23. The predicted octanol–water partition coefficient (Wildman–Crippen LogP) is 0.638. The van der Waals surface area contributed by atoms with Crippen LogP contribution in [0.1, 0.15) is 26.3 Å². The second-order valence-electron chi connectivity index (χ2n) is 5.87. The normalized spacial score (nSPS) is 13.3. The Hall–Kier alpha value is -2.35. The average molecular weight is 341 g/mol. The van der Waals surface area contributed by atoms with Crippen LogP contribution in [-0.2, 0) is 20.8 Å². The van der Waals surface area contributed by atoms with Gasteiger partial charge in [0.2, 0.25) is 17.7 Å². The van der Waals surface area contributed by atoms with E-state index in [2.05, 4.69) is 10.6 Å². The monoisotopic (exact) mass is 341 g/mol. The van der Waals surface area contributed by atoms with Gasteiger partial charge in [0.25, 0.3) is 0 Å². The summed E-state index contributed by atoms with van der Waals surface area (Å²) < 4.78 is 26.1. The highest BCUT2D eigenvalue weighted by molar-refractivity contribution is 6.01. The van der Waals surface area contributed by atoms with Gasteiger partial charge in [-0.15, -0.1) is 0 Å². The fourth-order valence-corrected chi connectivity index (χ4v) is 1.87. The molecule has 1 aromatic rings. The van der Waals surface area contributed by atoms with Gasteiger partial charge in [-0.3, -0.25) is 19.7 Å². The third-order valence-corrected chi connectivity index (χ3v) is 3.33. The van der Waals surface area contributed by atoms with E-state index in [0.29, 0.717) is 6.07 Å². The van der Waals surface area contributed by atoms with E-state index in [1.165, 1.54) is 6.92 Å². The minimum Gasteiger partial charge on any atom is -0.344 e. The molecule has 3 amide bonds. The number of amides is 3. The summed E-state index contributed by atoms with van der Waals surface area (Å²) in [4.78, 5) is 35.4. The highest BCUT2D eigenvalue weighted by atomic mass is 19.1. The van der Waals surface area contributed by atoms with Crippen molar-refractivity contribution < 1.29 is 23.2 Å². The second kappa shape index (κ2) is 8.49. The molecule has 0 saturated carbocycles. The van der Waals surface area contributed by atoms with Crippen molar-refractivity contribution >= 4 is 17.7 Å². The van der Waals surface area contributed by atoms with E-state index in [4.69, 9.17) is 5.73 Å². The van der Waals surface area contributed by atoms with Crippen molar-refractivity contribution in [2.24, 2.45) is 11.7 Å². The third-order valence-electron chi connectivity index (χ3n) is 3.33. The van der Waals surface area contributed by atoms with E-state index in [0.717, 1.165) is 12.1 Å². The van der Waals surface area contributed by atoms with Crippen LogP contribution >= 0.6 is 0 Å². The molecular formula is C16H21F2N3O3. The van der Waals surface area contributed by atoms with Crippen LogP contribution in [0.2, 0.25) is 0 Å². The number of nitrogens with one attached hydrogen (secondary N) is 2. The Morgan fingerprint density at radius 2 is 1.58 bits per heavy atom. The fourth-order valence-electron chi connectivity index (χ4n) is 1.87. The van der Waals surface area contributed by atoms with Gasteiger partial charge in [-0.25, -0.2) is 8.78 Å². The molecule has 0 radical (unpaired) electrons. The average Bonchev–Trinajstić information content (AvgIpc) is 2.44. The molecule has 132 valence electrons. The van der Waals surface area contributed by atoms with Crippen LogP contribution in [0, 0.1) is 17.6 Å². The zero-order chi connectivity index (χ0) is 18.4. The number of hydrogen-bond acceptors (Lipinski definition) is 4. The third kappa shape index (κ3) is 6.04. The largest absolute Gasteiger partial charge is 0.344 e. The number of hydrogen-bond donors (Lipinski definition) is 3. The van der Waals surface area contributed by atoms with Crippen molar-refractivity contribution in [2.75, 3.05) is 0 Å². The zero-order valence-corrected chi connectivity index (χ0v) is 13.7. The molecule has 2 atom stereocenters. The first-order chi connectivity index (χ1) is 11.1. The number of carbonyl (C=O) groups is 3. The van der Waals surface area contributed by atoms with Gasteiger partial charge in [-0.2, -0.15) is 0 Å². The zero-order valence-electron chi connectivity index (χ0n) is 13.7. The summed E-state index contributed by atoms with van der Waals surface area (Å²) in [6, 6.07) is 0.907. The molecular weight excluding hydrogens is 320 g/mol. The van der Waals surface area contributed by atoms with E-state index in [-0.39, 0.29) is 17.9 Å².